The number of carbonyl (C=O) groups is 1. The Kier molecular flexibility index (Phi) is 7.41. The second-order valence-electron chi connectivity index (χ2n) is 7.47. The number of ether oxygens (including phenoxy) is 3. The lowest BCUT2D eigenvalue weighted by molar-refractivity contribution is -0.144. The lowest BCUT2D eigenvalue weighted by Gasteiger charge is -2.24. The Morgan fingerprint density at radius 1 is 1.31 bits per heavy atom. The van der Waals surface area contributed by atoms with Crippen LogP contribution in [0.25, 0.3) is 11.2 Å². The van der Waals surface area contributed by atoms with Crippen molar-refractivity contribution < 1.29 is 32.5 Å². The third kappa shape index (κ3) is 5.65. The molecule has 12 nitrogen and oxygen atoms in total. The first kappa shape index (κ1) is 24.7. The average Bonchev–Trinajstić information content (AvgIpc) is 3.42. The molecule has 0 saturated carbocycles. The zero-order valence-electron chi connectivity index (χ0n) is 18.9. The highest BCUT2D eigenvalue weighted by Crippen LogP contribution is 2.45. The van der Waals surface area contributed by atoms with Gasteiger partial charge in [-0.05, 0) is 26.0 Å². The molecule has 4 rings (SSSR count). The first-order valence-corrected chi connectivity index (χ1v) is 12.5. The third-order valence-electron chi connectivity index (χ3n) is 4.87. The molecule has 0 saturated heterocycles. The molecule has 1 aliphatic heterocycles. The predicted octanol–water partition coefficient (Wildman–Crippen LogP) is 2.90. The monoisotopic (exact) mass is 506 g/mol. The molecule has 2 unspecified atom stereocenters. The van der Waals surface area contributed by atoms with Crippen LogP contribution in [-0.2, 0) is 23.6 Å². The van der Waals surface area contributed by atoms with E-state index in [9.17, 15) is 13.8 Å². The summed E-state index contributed by atoms with van der Waals surface area (Å²) >= 11 is 0. The maximum atomic E-state index is 14.8. The highest BCUT2D eigenvalue weighted by Gasteiger charge is 2.36. The summed E-state index contributed by atoms with van der Waals surface area (Å²) < 4.78 is 51.5. The van der Waals surface area contributed by atoms with Gasteiger partial charge < -0.3 is 24.5 Å². The summed E-state index contributed by atoms with van der Waals surface area (Å²) in [7, 11) is -3.83. The highest BCUT2D eigenvalue weighted by molar-refractivity contribution is 7.57. The summed E-state index contributed by atoms with van der Waals surface area (Å²) in [6.07, 6.45) is 0.676. The molecular weight excluding hydrogens is 482 g/mol. The molecule has 0 amide bonds. The molecule has 4 atom stereocenters. The predicted molar refractivity (Wildman–Crippen MR) is 123 cm³/mol. The van der Waals surface area contributed by atoms with Crippen molar-refractivity contribution in [2.24, 2.45) is 0 Å². The molecule has 35 heavy (non-hydrogen) atoms. The summed E-state index contributed by atoms with van der Waals surface area (Å²) in [4.78, 5) is 24.1. The molecular formula is C21H24FN6O6P. The summed E-state index contributed by atoms with van der Waals surface area (Å²) in [6, 6.07) is 7.40. The smallest absolute Gasteiger partial charge is 0.342 e. The maximum absolute atomic E-state index is 14.8. The number of nitrogen functional groups attached to an aromatic ring is 1. The number of hydrogen-bond acceptors (Lipinski definition) is 10. The van der Waals surface area contributed by atoms with Crippen LogP contribution in [-0.4, -0.2) is 50.8 Å². The van der Waals surface area contributed by atoms with E-state index in [-0.39, 0.29) is 23.8 Å². The lowest BCUT2D eigenvalue weighted by atomic mass is 10.3. The van der Waals surface area contributed by atoms with Crippen LogP contribution in [0.1, 0.15) is 20.1 Å². The van der Waals surface area contributed by atoms with E-state index >= 15 is 0 Å². The van der Waals surface area contributed by atoms with Gasteiger partial charge in [-0.25, -0.2) is 24.4 Å². The summed E-state index contributed by atoms with van der Waals surface area (Å²) in [5, 5.41) is 2.65. The Balaban J connectivity index is 1.47. The van der Waals surface area contributed by atoms with E-state index in [4.69, 9.17) is 24.5 Å². The Labute approximate surface area is 199 Å². The molecule has 3 heterocycles. The molecule has 0 aliphatic carbocycles. The van der Waals surface area contributed by atoms with Gasteiger partial charge in [-0.15, -0.1) is 0 Å². The quantitative estimate of drug-likeness (QED) is 0.308. The molecule has 1 aromatic carbocycles. The van der Waals surface area contributed by atoms with Gasteiger partial charge >= 0.3 is 13.5 Å². The van der Waals surface area contributed by atoms with Crippen molar-refractivity contribution >= 4 is 30.5 Å². The van der Waals surface area contributed by atoms with E-state index in [1.165, 1.54) is 24.1 Å². The number of esters is 1. The number of para-hydroxylation sites is 1. The van der Waals surface area contributed by atoms with Crippen LogP contribution in [0.3, 0.4) is 0 Å². The van der Waals surface area contributed by atoms with Crippen molar-refractivity contribution in [3.63, 3.8) is 0 Å². The van der Waals surface area contributed by atoms with Gasteiger partial charge in [0.25, 0.3) is 0 Å². The molecule has 14 heteroatoms. The van der Waals surface area contributed by atoms with E-state index in [0.29, 0.717) is 5.52 Å². The van der Waals surface area contributed by atoms with Gasteiger partial charge in [0.15, 0.2) is 36.2 Å². The van der Waals surface area contributed by atoms with Crippen LogP contribution in [0.5, 0.6) is 5.75 Å². The number of carbonyl (C=O) groups excluding carboxylic acids is 1. The van der Waals surface area contributed by atoms with E-state index in [1.54, 1.807) is 37.3 Å². The van der Waals surface area contributed by atoms with E-state index in [2.05, 4.69) is 20.0 Å². The van der Waals surface area contributed by atoms with E-state index in [1.807, 2.05) is 0 Å². The summed E-state index contributed by atoms with van der Waals surface area (Å²) in [6.45, 7) is 3.30. The zero-order chi connectivity index (χ0) is 25.0. The number of rotatable bonds is 10. The number of anilines is 1. The van der Waals surface area contributed by atoms with Crippen molar-refractivity contribution in [3.8, 4) is 5.75 Å². The lowest BCUT2D eigenvalue weighted by Crippen LogP contribution is -2.36. The first-order valence-electron chi connectivity index (χ1n) is 10.6. The van der Waals surface area contributed by atoms with E-state index in [0.717, 1.165) is 6.08 Å². The van der Waals surface area contributed by atoms with Gasteiger partial charge in [0.2, 0.25) is 0 Å². The molecule has 3 N–H and O–H groups in total. The van der Waals surface area contributed by atoms with Crippen LogP contribution in [0, 0.1) is 0 Å². The number of nitrogens with one attached hydrogen (secondary N) is 1. The number of fused-ring (bicyclic) bond motifs is 1. The first-order chi connectivity index (χ1) is 16.8. The normalized spacial score (nSPS) is 20.3. The summed E-state index contributed by atoms with van der Waals surface area (Å²) in [5.74, 6) is -0.847. The van der Waals surface area contributed by atoms with Crippen LogP contribution >= 0.6 is 7.52 Å². The minimum atomic E-state index is -3.83. The number of imidazole rings is 1. The molecule has 0 fully saturated rings. The number of aromatic nitrogens is 4. The fourth-order valence-electron chi connectivity index (χ4n) is 3.30. The highest BCUT2D eigenvalue weighted by atomic mass is 31.2. The number of nitrogens with zero attached hydrogens (tertiary/aromatic N) is 4. The Hall–Kier alpha value is -3.38. The molecule has 0 bridgehead atoms. The SMILES string of the molecule is CCOC(=O)[C@H](C)N[P@](=O)(COC1C=C(F)C(n2cnc3c(N)ncnc32)O1)Oc1ccccc1. The second kappa shape index (κ2) is 10.5. The number of nitrogens with two attached hydrogens (primary N) is 1. The van der Waals surface area contributed by atoms with Crippen molar-refractivity contribution in [1.29, 1.82) is 0 Å². The molecule has 0 radical (unpaired) electrons. The molecule has 3 aromatic rings. The fraction of sp³-hybridized carbons (Fsp3) is 0.333. The van der Waals surface area contributed by atoms with Crippen molar-refractivity contribution in [1.82, 2.24) is 24.6 Å². The standard InChI is InChI=1S/C21H24FN6O6P/c1-3-31-21(29)13(2)27-35(30,34-14-7-5-4-6-8-14)12-32-16-9-15(22)20(33-16)28-11-26-17-18(23)24-10-25-19(17)28/h4-11,13,16,20H,3,12H2,1-2H3,(H,27,30)(H2,23,24,25)/t13-,16?,20?,35-/m0/s1. The minimum absolute atomic E-state index is 0.143. The largest absolute Gasteiger partial charge is 0.465 e. The minimum Gasteiger partial charge on any atom is -0.465 e. The third-order valence-corrected chi connectivity index (χ3v) is 6.64. The zero-order valence-corrected chi connectivity index (χ0v) is 19.8. The summed E-state index contributed by atoms with van der Waals surface area (Å²) in [5.41, 5.74) is 6.35. The van der Waals surface area contributed by atoms with Gasteiger partial charge in [0.1, 0.15) is 23.6 Å². The van der Waals surface area contributed by atoms with Gasteiger partial charge in [-0.2, -0.15) is 0 Å². The topological polar surface area (TPSA) is 153 Å². The molecule has 1 aliphatic rings. The Bertz CT molecular complexity index is 1270. The fourth-order valence-corrected chi connectivity index (χ4v) is 4.98. The maximum Gasteiger partial charge on any atom is 0.342 e. The number of hydrogen-bond donors (Lipinski definition) is 2. The van der Waals surface area contributed by atoms with E-state index < -0.39 is 44.2 Å². The van der Waals surface area contributed by atoms with Crippen LogP contribution in [0.15, 0.2) is 54.9 Å². The van der Waals surface area contributed by atoms with Crippen LogP contribution < -0.4 is 15.3 Å². The van der Waals surface area contributed by atoms with Crippen molar-refractivity contribution in [2.45, 2.75) is 32.4 Å². The number of halogens is 1. The van der Waals surface area contributed by atoms with Gasteiger partial charge in [-0.1, -0.05) is 18.2 Å². The van der Waals surface area contributed by atoms with Crippen molar-refractivity contribution in [3.05, 3.63) is 54.9 Å². The molecule has 186 valence electrons. The van der Waals surface area contributed by atoms with Gasteiger partial charge in [0.05, 0.1) is 12.9 Å². The molecule has 0 spiro atoms. The Morgan fingerprint density at radius 2 is 2.09 bits per heavy atom. The average molecular weight is 506 g/mol. The van der Waals surface area contributed by atoms with Crippen LogP contribution in [0.2, 0.25) is 0 Å². The van der Waals surface area contributed by atoms with Crippen molar-refractivity contribution in [2.75, 3.05) is 18.7 Å². The Morgan fingerprint density at radius 3 is 2.83 bits per heavy atom. The van der Waals surface area contributed by atoms with Gasteiger partial charge in [-0.3, -0.25) is 13.9 Å². The van der Waals surface area contributed by atoms with Gasteiger partial charge in [0, 0.05) is 6.08 Å². The van der Waals surface area contributed by atoms with Crippen LogP contribution in [0.4, 0.5) is 10.2 Å². The molecule has 2 aromatic heterocycles. The second-order valence-corrected chi connectivity index (χ2v) is 9.51. The number of benzene rings is 1.